The zero-order chi connectivity index (χ0) is 41.5. The summed E-state index contributed by atoms with van der Waals surface area (Å²) in [5.41, 5.74) is 7.34. The highest BCUT2D eigenvalue weighted by Gasteiger charge is 2.29. The number of aromatic amines is 2. The number of ketones is 1. The van der Waals surface area contributed by atoms with Crippen molar-refractivity contribution in [2.24, 2.45) is 5.92 Å². The molecule has 58 heavy (non-hydrogen) atoms. The summed E-state index contributed by atoms with van der Waals surface area (Å²) in [7, 11) is 0. The summed E-state index contributed by atoms with van der Waals surface area (Å²) in [5, 5.41) is 17.9. The Morgan fingerprint density at radius 1 is 0.966 bits per heavy atom. The number of nitrogens with two attached hydrogens (primary N) is 1. The molecular formula is C39H47N9O9S. The topological polar surface area (TPSA) is 255 Å². The molecule has 0 amide bonds. The van der Waals surface area contributed by atoms with Crippen LogP contribution in [0.15, 0.2) is 74.4 Å². The number of ether oxygens (including phenoxy) is 2. The maximum absolute atomic E-state index is 13.3. The highest BCUT2D eigenvalue weighted by atomic mass is 32.2. The molecule has 0 radical (unpaired) electrons. The Labute approximate surface area is 335 Å². The number of aromatic nitrogens is 8. The Bertz CT molecular complexity index is 2500. The number of nitrogens with zero attached hydrogens (tertiary/aromatic N) is 6. The number of hydrogen-bond donors (Lipinski definition) is 5. The number of aliphatic hydroxyl groups is 2. The second kappa shape index (κ2) is 18.9. The number of allylic oxidation sites excluding steroid dienone is 2. The van der Waals surface area contributed by atoms with Crippen LogP contribution >= 0.6 is 11.8 Å². The lowest BCUT2D eigenvalue weighted by Gasteiger charge is -2.18. The SMILES string of the molecule is CCc1c(C(=O)c2cc(C)cc(C)c2)n(CC2CC=CC2)c(=O)[nH]c1=O.Nc1ccn([C@@H]2CS[C@H](CO)O2)c(=O)n1.O=c1[nH]cnc2c1ncn2[C@H]1CC[C@@H](CO)O1. The van der Waals surface area contributed by atoms with E-state index in [1.807, 2.05) is 39.0 Å². The molecule has 2 aliphatic heterocycles. The van der Waals surface area contributed by atoms with Gasteiger partial charge in [0, 0.05) is 29.6 Å². The summed E-state index contributed by atoms with van der Waals surface area (Å²) in [6.45, 7) is 6.07. The van der Waals surface area contributed by atoms with Crippen molar-refractivity contribution in [3.05, 3.63) is 125 Å². The van der Waals surface area contributed by atoms with Gasteiger partial charge in [-0.25, -0.2) is 19.6 Å². The van der Waals surface area contributed by atoms with E-state index in [0.29, 0.717) is 41.0 Å². The number of aliphatic hydroxyl groups excluding tert-OH is 2. The first-order valence-electron chi connectivity index (χ1n) is 18.9. The standard InChI is InChI=1S/C21H24N2O3.C10H12N4O3.C8H11N3O3S/c1-4-17-18(19(24)16-10-13(2)9-14(3)11-16)23(21(26)22-20(17)25)12-15-7-5-6-8-15;15-3-6-1-2-7(17-6)14-5-13-8-9(14)11-4-12-10(8)16;9-5-1-2-11(8(13)10-5)6-4-15-7(3-12)14-6/h5-6,9-11,15H,4,7-8,12H2,1-3H3,(H,22,25,26);4-7,15H,1-3H2,(H,11,12,16);1-2,6-7,12H,3-4H2,(H2,9,10,13)/t;2*6-,7+/m.00/s1. The number of nitrogens with one attached hydrogen (secondary N) is 2. The first kappa shape index (κ1) is 42.1. The summed E-state index contributed by atoms with van der Waals surface area (Å²) in [6.07, 6.45) is 11.7. The van der Waals surface area contributed by atoms with Gasteiger partial charge in [-0.05, 0) is 70.1 Å². The van der Waals surface area contributed by atoms with Crippen LogP contribution in [0.4, 0.5) is 5.82 Å². The molecule has 6 heterocycles. The number of anilines is 1. The molecule has 0 saturated carbocycles. The van der Waals surface area contributed by atoms with Gasteiger partial charge in [-0.2, -0.15) is 4.98 Å². The van der Waals surface area contributed by atoms with Gasteiger partial charge >= 0.3 is 11.4 Å². The zero-order valence-electron chi connectivity index (χ0n) is 32.4. The van der Waals surface area contributed by atoms with Gasteiger partial charge in [0.05, 0.1) is 32.0 Å². The monoisotopic (exact) mass is 817 g/mol. The Morgan fingerprint density at radius 3 is 2.34 bits per heavy atom. The molecule has 4 atom stereocenters. The van der Waals surface area contributed by atoms with Crippen molar-refractivity contribution in [3.8, 4) is 0 Å². The van der Waals surface area contributed by atoms with E-state index in [9.17, 15) is 24.0 Å². The molecule has 19 heteroatoms. The minimum absolute atomic E-state index is 0.0111. The molecule has 8 rings (SSSR count). The fourth-order valence-electron chi connectivity index (χ4n) is 7.13. The summed E-state index contributed by atoms with van der Waals surface area (Å²) in [4.78, 5) is 77.6. The molecule has 1 aromatic carbocycles. The van der Waals surface area contributed by atoms with Crippen LogP contribution in [-0.2, 0) is 22.4 Å². The van der Waals surface area contributed by atoms with Gasteiger partial charge < -0.3 is 30.4 Å². The quantitative estimate of drug-likeness (QED) is 0.106. The molecule has 0 spiro atoms. The lowest BCUT2D eigenvalue weighted by Crippen LogP contribution is -2.38. The van der Waals surface area contributed by atoms with Gasteiger partial charge in [0.2, 0.25) is 5.78 Å². The maximum atomic E-state index is 13.3. The van der Waals surface area contributed by atoms with Crippen molar-refractivity contribution in [2.45, 2.75) is 83.4 Å². The number of fused-ring (bicyclic) bond motifs is 1. The van der Waals surface area contributed by atoms with Gasteiger partial charge in [0.15, 0.2) is 11.2 Å². The molecule has 308 valence electrons. The van der Waals surface area contributed by atoms with Crippen LogP contribution in [0.3, 0.4) is 0 Å². The molecule has 3 aliphatic rings. The molecule has 1 aliphatic carbocycles. The number of rotatable bonds is 9. The van der Waals surface area contributed by atoms with Crippen molar-refractivity contribution in [1.82, 2.24) is 38.6 Å². The van der Waals surface area contributed by atoms with E-state index in [-0.39, 0.29) is 66.0 Å². The molecule has 2 saturated heterocycles. The van der Waals surface area contributed by atoms with Crippen molar-refractivity contribution >= 4 is 34.5 Å². The van der Waals surface area contributed by atoms with Gasteiger partial charge in [0.25, 0.3) is 11.1 Å². The molecule has 2 fully saturated rings. The number of benzene rings is 1. The average molecular weight is 818 g/mol. The van der Waals surface area contributed by atoms with Crippen molar-refractivity contribution < 1.29 is 24.5 Å². The van der Waals surface area contributed by atoms with E-state index in [4.69, 9.17) is 25.4 Å². The van der Waals surface area contributed by atoms with Crippen molar-refractivity contribution in [3.63, 3.8) is 0 Å². The van der Waals surface area contributed by atoms with Crippen molar-refractivity contribution in [2.75, 3.05) is 24.7 Å². The lowest BCUT2D eigenvalue weighted by molar-refractivity contribution is -0.0207. The zero-order valence-corrected chi connectivity index (χ0v) is 33.2. The Hall–Kier alpha value is -5.47. The van der Waals surface area contributed by atoms with Gasteiger partial charge in [-0.3, -0.25) is 33.1 Å². The third-order valence-electron chi connectivity index (χ3n) is 9.90. The third kappa shape index (κ3) is 9.62. The van der Waals surface area contributed by atoms with Crippen LogP contribution in [-0.4, -0.2) is 85.1 Å². The average Bonchev–Trinajstić information content (AvgIpc) is 4.04. The number of carbonyl (C=O) groups is 1. The smallest absolute Gasteiger partial charge is 0.351 e. The van der Waals surface area contributed by atoms with Crippen molar-refractivity contribution in [1.29, 1.82) is 0 Å². The Kier molecular flexibility index (Phi) is 13.7. The van der Waals surface area contributed by atoms with E-state index in [1.54, 1.807) is 23.2 Å². The largest absolute Gasteiger partial charge is 0.394 e. The fraction of sp³-hybridized carbons (Fsp3) is 0.436. The van der Waals surface area contributed by atoms with Crippen LogP contribution < -0.4 is 28.2 Å². The molecular weight excluding hydrogens is 771 g/mol. The number of H-pyrrole nitrogens is 2. The molecule has 6 N–H and O–H groups in total. The number of carbonyl (C=O) groups excluding carboxylic acids is 1. The second-order valence-corrected chi connectivity index (χ2v) is 15.4. The second-order valence-electron chi connectivity index (χ2n) is 14.2. The number of aryl methyl sites for hydroxylation is 2. The summed E-state index contributed by atoms with van der Waals surface area (Å²) in [6, 6.07) is 7.15. The van der Waals surface area contributed by atoms with Crippen LogP contribution in [0.5, 0.6) is 0 Å². The Morgan fingerprint density at radius 2 is 1.71 bits per heavy atom. The van der Waals surface area contributed by atoms with E-state index >= 15 is 0 Å². The predicted octanol–water partition coefficient (Wildman–Crippen LogP) is 2.11. The van der Waals surface area contributed by atoms with E-state index in [2.05, 4.69) is 37.1 Å². The van der Waals surface area contributed by atoms with Crippen LogP contribution in [0.2, 0.25) is 0 Å². The molecule has 5 aromatic rings. The normalized spacial score (nSPS) is 20.2. The van der Waals surface area contributed by atoms with Crippen LogP contribution in [0, 0.1) is 19.8 Å². The predicted molar refractivity (Wildman–Crippen MR) is 217 cm³/mol. The lowest BCUT2D eigenvalue weighted by atomic mass is 9.98. The van der Waals surface area contributed by atoms with E-state index < -0.39 is 16.9 Å². The van der Waals surface area contributed by atoms with Gasteiger partial charge in [0.1, 0.15) is 29.4 Å². The highest BCUT2D eigenvalue weighted by molar-refractivity contribution is 8.00. The number of imidazole rings is 1. The molecule has 18 nitrogen and oxygen atoms in total. The first-order valence-corrected chi connectivity index (χ1v) is 20.0. The number of nitrogen functional groups attached to an aromatic ring is 1. The van der Waals surface area contributed by atoms with Crippen LogP contribution in [0.1, 0.15) is 77.8 Å². The summed E-state index contributed by atoms with van der Waals surface area (Å²) < 4.78 is 15.6. The summed E-state index contributed by atoms with van der Waals surface area (Å²) >= 11 is 1.47. The third-order valence-corrected chi connectivity index (χ3v) is 11.0. The maximum Gasteiger partial charge on any atom is 0.351 e. The first-order chi connectivity index (χ1) is 27.9. The number of thioether (sulfide) groups is 1. The van der Waals surface area contributed by atoms with Gasteiger partial charge in [-0.15, -0.1) is 11.8 Å². The molecule has 0 bridgehead atoms. The van der Waals surface area contributed by atoms with Crippen LogP contribution in [0.25, 0.3) is 11.2 Å². The fourth-order valence-corrected chi connectivity index (χ4v) is 8.06. The minimum Gasteiger partial charge on any atom is -0.394 e. The molecule has 4 aromatic heterocycles. The Balaban J connectivity index is 0.000000154. The number of hydrogen-bond acceptors (Lipinski definition) is 14. The highest BCUT2D eigenvalue weighted by Crippen LogP contribution is 2.31. The van der Waals surface area contributed by atoms with E-state index in [0.717, 1.165) is 36.8 Å². The molecule has 0 unspecified atom stereocenters. The summed E-state index contributed by atoms with van der Waals surface area (Å²) in [5.74, 6) is 0.828. The van der Waals surface area contributed by atoms with E-state index in [1.165, 1.54) is 27.2 Å². The minimum atomic E-state index is -0.508. The van der Waals surface area contributed by atoms with Gasteiger partial charge in [-0.1, -0.05) is 36.3 Å².